The third-order valence-electron chi connectivity index (χ3n) is 2.90. The van der Waals surface area contributed by atoms with Gasteiger partial charge in [-0.25, -0.2) is 4.73 Å². The predicted octanol–water partition coefficient (Wildman–Crippen LogP) is -0.759. The predicted molar refractivity (Wildman–Crippen MR) is 71.5 cm³/mol. The molecule has 7 heteroatoms. The number of aromatic nitrogens is 2. The maximum Gasteiger partial charge on any atom is 0.289 e. The third kappa shape index (κ3) is 2.51. The maximum absolute atomic E-state index is 11.7. The van der Waals surface area contributed by atoms with Crippen molar-refractivity contribution in [3.8, 4) is 0 Å². The second kappa shape index (κ2) is 5.68. The Morgan fingerprint density at radius 3 is 2.58 bits per heavy atom. The lowest BCUT2D eigenvalue weighted by atomic mass is 10.1. The van der Waals surface area contributed by atoms with Crippen molar-refractivity contribution in [2.75, 3.05) is 36.9 Å². The highest BCUT2D eigenvalue weighted by atomic mass is 16.5. The highest BCUT2D eigenvalue weighted by Crippen LogP contribution is 2.27. The van der Waals surface area contributed by atoms with Gasteiger partial charge in [0.05, 0.1) is 30.0 Å². The molecule has 0 aliphatic carbocycles. The van der Waals surface area contributed by atoms with Gasteiger partial charge >= 0.3 is 0 Å². The molecule has 2 aromatic rings. The van der Waals surface area contributed by atoms with Gasteiger partial charge in [0.15, 0.2) is 11.7 Å². The van der Waals surface area contributed by atoms with E-state index in [0.717, 1.165) is 6.33 Å². The summed E-state index contributed by atoms with van der Waals surface area (Å²) in [6.07, 6.45) is 2.70. The van der Waals surface area contributed by atoms with Crippen LogP contribution in [0.4, 0.5) is 11.4 Å². The van der Waals surface area contributed by atoms with E-state index in [1.54, 1.807) is 23.2 Å². The van der Waals surface area contributed by atoms with Crippen LogP contribution in [-0.4, -0.2) is 41.5 Å². The Hall–Kier alpha value is -2.12. The molecule has 0 aliphatic heterocycles. The largest absolute Gasteiger partial charge is 0.710 e. The van der Waals surface area contributed by atoms with Crippen LogP contribution < -0.4 is 15.4 Å². The van der Waals surface area contributed by atoms with Gasteiger partial charge in [0, 0.05) is 13.1 Å². The lowest BCUT2D eigenvalue weighted by Gasteiger charge is -2.24. The number of rotatable bonds is 5. The molecule has 102 valence electrons. The summed E-state index contributed by atoms with van der Waals surface area (Å²) in [7, 11) is 0. The van der Waals surface area contributed by atoms with Gasteiger partial charge in [0.2, 0.25) is 0 Å². The monoisotopic (exact) mass is 264 g/mol. The fourth-order valence-electron chi connectivity index (χ4n) is 2.08. The molecule has 1 aromatic carbocycles. The fourth-order valence-corrected chi connectivity index (χ4v) is 2.08. The van der Waals surface area contributed by atoms with Crippen LogP contribution in [0.2, 0.25) is 0 Å². The van der Waals surface area contributed by atoms with Gasteiger partial charge in [0.1, 0.15) is 0 Å². The van der Waals surface area contributed by atoms with Crippen LogP contribution in [0.5, 0.6) is 0 Å². The number of benzene rings is 1. The quantitative estimate of drug-likeness (QED) is 0.372. The third-order valence-corrected chi connectivity index (χ3v) is 2.90. The normalized spacial score (nSPS) is 10.8. The molecule has 0 spiro atoms. The molecule has 0 saturated heterocycles. The minimum Gasteiger partial charge on any atom is -0.710 e. The summed E-state index contributed by atoms with van der Waals surface area (Å²) in [6.45, 7) is 0.605. The molecule has 1 heterocycles. The van der Waals surface area contributed by atoms with Crippen LogP contribution >= 0.6 is 0 Å². The number of nitrogen functional groups attached to an aromatic ring is 1. The first kappa shape index (κ1) is 13.3. The van der Waals surface area contributed by atoms with E-state index in [9.17, 15) is 5.21 Å². The van der Waals surface area contributed by atoms with Crippen molar-refractivity contribution in [3.63, 3.8) is 0 Å². The van der Waals surface area contributed by atoms with Gasteiger partial charge in [-0.05, 0) is 12.1 Å². The van der Waals surface area contributed by atoms with Crippen LogP contribution in [0.25, 0.3) is 10.9 Å². The van der Waals surface area contributed by atoms with E-state index >= 15 is 0 Å². The molecule has 0 amide bonds. The zero-order chi connectivity index (χ0) is 13.8. The van der Waals surface area contributed by atoms with Crippen molar-refractivity contribution in [2.45, 2.75) is 0 Å². The standard InChI is InChI=1S/C12H16N4O3/c13-10-1-2-11(15(3-5-17)4-6-18)9-7-14-8-16(19)12(9)10/h1-2,7-8,17-18H,3-6,13H2. The summed E-state index contributed by atoms with van der Waals surface area (Å²) in [5.74, 6) is 0. The summed E-state index contributed by atoms with van der Waals surface area (Å²) in [4.78, 5) is 5.64. The molecule has 0 saturated carbocycles. The Bertz CT molecular complexity index is 562. The smallest absolute Gasteiger partial charge is 0.289 e. The maximum atomic E-state index is 11.7. The van der Waals surface area contributed by atoms with E-state index in [1.807, 2.05) is 0 Å². The van der Waals surface area contributed by atoms with Gasteiger partial charge in [-0.3, -0.25) is 0 Å². The molecule has 4 N–H and O–H groups in total. The zero-order valence-corrected chi connectivity index (χ0v) is 10.4. The molecule has 19 heavy (non-hydrogen) atoms. The van der Waals surface area contributed by atoms with Crippen molar-refractivity contribution < 1.29 is 14.9 Å². The van der Waals surface area contributed by atoms with Crippen molar-refractivity contribution in [1.82, 2.24) is 4.98 Å². The molecular formula is C12H16N4O3. The second-order valence-corrected chi connectivity index (χ2v) is 4.09. The van der Waals surface area contributed by atoms with Crippen molar-refractivity contribution in [1.29, 1.82) is 0 Å². The summed E-state index contributed by atoms with van der Waals surface area (Å²) < 4.78 is 0.615. The van der Waals surface area contributed by atoms with E-state index in [-0.39, 0.29) is 13.2 Å². The molecular weight excluding hydrogens is 248 g/mol. The van der Waals surface area contributed by atoms with Crippen LogP contribution in [0.1, 0.15) is 0 Å². The minimum atomic E-state index is -0.0521. The SMILES string of the molecule is Nc1ccc(N(CCO)CCO)c2cnc[n+]([O-])c12. The van der Waals surface area contributed by atoms with Crippen LogP contribution in [0.15, 0.2) is 24.7 Å². The highest BCUT2D eigenvalue weighted by molar-refractivity contribution is 5.96. The molecule has 7 nitrogen and oxygen atoms in total. The molecule has 0 bridgehead atoms. The lowest BCUT2D eigenvalue weighted by molar-refractivity contribution is -0.580. The van der Waals surface area contributed by atoms with Gasteiger partial charge in [0.25, 0.3) is 6.33 Å². The number of nitrogens with zero attached hydrogens (tertiary/aromatic N) is 3. The number of anilines is 2. The number of hydrogen-bond donors (Lipinski definition) is 3. The summed E-state index contributed by atoms with van der Waals surface area (Å²) in [6, 6.07) is 3.39. The van der Waals surface area contributed by atoms with Gasteiger partial charge < -0.3 is 26.1 Å². The number of hydrogen-bond acceptors (Lipinski definition) is 6. The fraction of sp³-hybridized carbons (Fsp3) is 0.333. The first-order valence-corrected chi connectivity index (χ1v) is 5.91. The number of nitrogens with two attached hydrogens (primary N) is 1. The second-order valence-electron chi connectivity index (χ2n) is 4.09. The highest BCUT2D eigenvalue weighted by Gasteiger charge is 2.15. The Labute approximate surface area is 110 Å². The first-order valence-electron chi connectivity index (χ1n) is 5.91. The molecule has 0 aliphatic rings. The zero-order valence-electron chi connectivity index (χ0n) is 10.4. The lowest BCUT2D eigenvalue weighted by Crippen LogP contribution is -2.32. The number of fused-ring (bicyclic) bond motifs is 1. The molecule has 0 fully saturated rings. The van der Waals surface area contributed by atoms with Gasteiger partial charge in [-0.15, -0.1) is 0 Å². The Morgan fingerprint density at radius 2 is 1.95 bits per heavy atom. The van der Waals surface area contributed by atoms with E-state index in [1.165, 1.54) is 0 Å². The van der Waals surface area contributed by atoms with Crippen LogP contribution in [-0.2, 0) is 0 Å². The van der Waals surface area contributed by atoms with Crippen LogP contribution in [0.3, 0.4) is 0 Å². The van der Waals surface area contributed by atoms with E-state index in [0.29, 0.717) is 40.1 Å². The average Bonchev–Trinajstić information content (AvgIpc) is 2.39. The van der Waals surface area contributed by atoms with Crippen molar-refractivity contribution in [3.05, 3.63) is 29.9 Å². The molecule has 2 rings (SSSR count). The summed E-state index contributed by atoms with van der Waals surface area (Å²) in [5, 5.41) is 30.5. The summed E-state index contributed by atoms with van der Waals surface area (Å²) in [5.41, 5.74) is 7.23. The van der Waals surface area contributed by atoms with E-state index in [4.69, 9.17) is 15.9 Å². The number of aliphatic hydroxyl groups excluding tert-OH is 2. The van der Waals surface area contributed by atoms with Gasteiger partial charge in [-0.2, -0.15) is 0 Å². The minimum absolute atomic E-state index is 0.0521. The molecule has 0 atom stereocenters. The van der Waals surface area contributed by atoms with E-state index < -0.39 is 0 Å². The van der Waals surface area contributed by atoms with Gasteiger partial charge in [-0.1, -0.05) is 4.98 Å². The Morgan fingerprint density at radius 1 is 1.26 bits per heavy atom. The molecule has 1 aromatic heterocycles. The Balaban J connectivity index is 2.60. The molecule has 0 radical (unpaired) electrons. The van der Waals surface area contributed by atoms with E-state index in [2.05, 4.69) is 4.98 Å². The number of aliphatic hydroxyl groups is 2. The Kier molecular flexibility index (Phi) is 3.98. The van der Waals surface area contributed by atoms with Crippen molar-refractivity contribution >= 4 is 22.3 Å². The first-order chi connectivity index (χ1) is 9.19. The topological polar surface area (TPSA) is 110 Å². The molecule has 0 unspecified atom stereocenters. The average molecular weight is 264 g/mol. The van der Waals surface area contributed by atoms with Crippen LogP contribution in [0, 0.1) is 5.21 Å². The van der Waals surface area contributed by atoms with Crippen molar-refractivity contribution in [2.24, 2.45) is 0 Å². The summed E-state index contributed by atoms with van der Waals surface area (Å²) >= 11 is 0.